The second kappa shape index (κ2) is 7.93. The summed E-state index contributed by atoms with van der Waals surface area (Å²) >= 11 is 0. The molecule has 3 rings (SSSR count). The number of nitrogens with zero attached hydrogens (tertiary/aromatic N) is 2. The molecule has 9 heteroatoms. The topological polar surface area (TPSA) is 97.8 Å². The lowest BCUT2D eigenvalue weighted by Gasteiger charge is -2.18. The maximum Gasteiger partial charge on any atom is 0.243 e. The summed E-state index contributed by atoms with van der Waals surface area (Å²) in [6, 6.07) is 8.00. The first-order valence-electron chi connectivity index (χ1n) is 8.45. The number of fused-ring (bicyclic) bond motifs is 1. The molecule has 0 unspecified atom stereocenters. The first-order chi connectivity index (χ1) is 12.9. The number of hydrogen-bond acceptors (Lipinski definition) is 6. The number of aromatic nitrogens is 1. The van der Waals surface area contributed by atoms with Gasteiger partial charge in [0.25, 0.3) is 0 Å². The molecule has 2 heterocycles. The summed E-state index contributed by atoms with van der Waals surface area (Å²) in [6.45, 7) is 2.44. The minimum absolute atomic E-state index is 0.0380. The highest BCUT2D eigenvalue weighted by Gasteiger charge is 2.25. The van der Waals surface area contributed by atoms with Gasteiger partial charge in [-0.05, 0) is 30.7 Å². The van der Waals surface area contributed by atoms with Gasteiger partial charge in [0, 0.05) is 25.7 Å². The highest BCUT2D eigenvalue weighted by molar-refractivity contribution is 7.89. The molecular weight excluding hydrogens is 370 g/mol. The number of benzene rings is 1. The number of nitrogens with one attached hydrogen (secondary N) is 1. The van der Waals surface area contributed by atoms with Crippen LogP contribution in [0.15, 0.2) is 41.4 Å². The van der Waals surface area contributed by atoms with Gasteiger partial charge in [0.2, 0.25) is 15.9 Å². The monoisotopic (exact) mass is 391 g/mol. The lowest BCUT2D eigenvalue weighted by atomic mass is 10.3. The highest BCUT2D eigenvalue weighted by atomic mass is 32.2. The lowest BCUT2D eigenvalue weighted by Crippen LogP contribution is -2.35. The molecule has 0 spiro atoms. The number of carbonyl (C=O) groups is 1. The minimum Gasteiger partial charge on any atom is -0.490 e. The van der Waals surface area contributed by atoms with Gasteiger partial charge in [-0.1, -0.05) is 6.07 Å². The number of likely N-dealkylation sites (N-methyl/N-ethyl adjacent to an activating group) is 1. The Balaban J connectivity index is 1.73. The molecule has 144 valence electrons. The van der Waals surface area contributed by atoms with Crippen molar-refractivity contribution in [3.8, 4) is 11.5 Å². The maximum absolute atomic E-state index is 12.8. The van der Waals surface area contributed by atoms with E-state index in [0.717, 1.165) is 16.3 Å². The normalized spacial score (nSPS) is 13.9. The van der Waals surface area contributed by atoms with Crippen molar-refractivity contribution in [1.29, 1.82) is 0 Å². The molecule has 0 saturated carbocycles. The second-order valence-corrected chi connectivity index (χ2v) is 8.18. The molecule has 1 aromatic carbocycles. The quantitative estimate of drug-likeness (QED) is 0.835. The Bertz CT molecular complexity index is 946. The number of hydrogen-bond donors (Lipinski definition) is 1. The van der Waals surface area contributed by atoms with Crippen LogP contribution in [0.1, 0.15) is 12.0 Å². The van der Waals surface area contributed by atoms with Crippen molar-refractivity contribution in [1.82, 2.24) is 9.29 Å². The van der Waals surface area contributed by atoms with E-state index >= 15 is 0 Å². The Labute approximate surface area is 158 Å². The average molecular weight is 391 g/mol. The van der Waals surface area contributed by atoms with Crippen LogP contribution in [0.3, 0.4) is 0 Å². The summed E-state index contributed by atoms with van der Waals surface area (Å²) in [5, 5.41) is 2.62. The van der Waals surface area contributed by atoms with Gasteiger partial charge in [-0.25, -0.2) is 13.4 Å². The zero-order chi connectivity index (χ0) is 19.4. The third-order valence-corrected chi connectivity index (χ3v) is 5.86. The Morgan fingerprint density at radius 2 is 1.96 bits per heavy atom. The predicted molar refractivity (Wildman–Crippen MR) is 99.5 cm³/mol. The van der Waals surface area contributed by atoms with Gasteiger partial charge in [0.15, 0.2) is 11.5 Å². The average Bonchev–Trinajstić information content (AvgIpc) is 2.88. The van der Waals surface area contributed by atoms with E-state index in [0.29, 0.717) is 30.5 Å². The van der Waals surface area contributed by atoms with E-state index in [9.17, 15) is 13.2 Å². The van der Waals surface area contributed by atoms with Crippen molar-refractivity contribution in [2.24, 2.45) is 0 Å². The molecule has 1 N–H and O–H groups in total. The molecule has 27 heavy (non-hydrogen) atoms. The van der Waals surface area contributed by atoms with Crippen LogP contribution in [0.25, 0.3) is 0 Å². The third-order valence-electron chi connectivity index (χ3n) is 4.06. The fourth-order valence-electron chi connectivity index (χ4n) is 2.56. The zero-order valence-corrected chi connectivity index (χ0v) is 16.0. The molecule has 1 aliphatic rings. The van der Waals surface area contributed by atoms with Gasteiger partial charge in [-0.3, -0.25) is 4.79 Å². The van der Waals surface area contributed by atoms with Crippen LogP contribution in [0.4, 0.5) is 5.82 Å². The summed E-state index contributed by atoms with van der Waals surface area (Å²) < 4.78 is 37.6. The molecular formula is C18H21N3O5S. The fraction of sp³-hybridized carbons (Fsp3) is 0.333. The molecule has 1 aromatic heterocycles. The summed E-state index contributed by atoms with van der Waals surface area (Å²) in [5.41, 5.74) is 0.791. The Hall–Kier alpha value is -2.65. The number of carbonyl (C=O) groups excluding carboxylic acids is 1. The molecule has 0 bridgehead atoms. The number of ether oxygens (including phenoxy) is 2. The SMILES string of the molecule is Cc1cccnc1NC(=O)CN(C)S(=O)(=O)c1ccc2c(c1)OCCCO2. The highest BCUT2D eigenvalue weighted by Crippen LogP contribution is 2.32. The van der Waals surface area contributed by atoms with Crippen LogP contribution < -0.4 is 14.8 Å². The molecule has 0 fully saturated rings. The van der Waals surface area contributed by atoms with Gasteiger partial charge < -0.3 is 14.8 Å². The Kier molecular flexibility index (Phi) is 5.62. The van der Waals surface area contributed by atoms with Crippen LogP contribution in [-0.4, -0.2) is 50.4 Å². The van der Waals surface area contributed by atoms with E-state index in [1.54, 1.807) is 31.3 Å². The molecule has 8 nitrogen and oxygen atoms in total. The van der Waals surface area contributed by atoms with Crippen molar-refractivity contribution in [2.75, 3.05) is 32.1 Å². The molecule has 0 radical (unpaired) electrons. The van der Waals surface area contributed by atoms with E-state index in [4.69, 9.17) is 9.47 Å². The van der Waals surface area contributed by atoms with Crippen LogP contribution in [0, 0.1) is 6.92 Å². The van der Waals surface area contributed by atoms with Crippen molar-refractivity contribution in [3.05, 3.63) is 42.1 Å². The van der Waals surface area contributed by atoms with E-state index in [1.165, 1.54) is 19.2 Å². The van der Waals surface area contributed by atoms with E-state index in [-0.39, 0.29) is 11.4 Å². The van der Waals surface area contributed by atoms with Crippen LogP contribution in [0.5, 0.6) is 11.5 Å². The number of amides is 1. The predicted octanol–water partition coefficient (Wildman–Crippen LogP) is 1.81. The van der Waals surface area contributed by atoms with Gasteiger partial charge >= 0.3 is 0 Å². The third kappa shape index (κ3) is 4.37. The molecule has 2 aromatic rings. The number of pyridine rings is 1. The van der Waals surface area contributed by atoms with Crippen LogP contribution >= 0.6 is 0 Å². The van der Waals surface area contributed by atoms with Gasteiger partial charge in [-0.2, -0.15) is 4.31 Å². The number of sulfonamides is 1. The Morgan fingerprint density at radius 3 is 2.70 bits per heavy atom. The second-order valence-electron chi connectivity index (χ2n) is 6.14. The molecule has 0 saturated heterocycles. The van der Waals surface area contributed by atoms with Gasteiger partial charge in [0.1, 0.15) is 5.82 Å². The first kappa shape index (κ1) is 19.1. The Morgan fingerprint density at radius 1 is 1.22 bits per heavy atom. The fourth-order valence-corrected chi connectivity index (χ4v) is 3.70. The standard InChI is InChI=1S/C18H21N3O5S/c1-13-5-3-8-19-18(13)20-17(22)12-21(2)27(23,24)14-6-7-15-16(11-14)26-10-4-9-25-15/h3,5-8,11H,4,9-10,12H2,1-2H3,(H,19,20,22). The number of rotatable bonds is 5. The van der Waals surface area contributed by atoms with Crippen LogP contribution in [-0.2, 0) is 14.8 Å². The maximum atomic E-state index is 12.8. The summed E-state index contributed by atoms with van der Waals surface area (Å²) in [6.07, 6.45) is 2.28. The van der Waals surface area contributed by atoms with E-state index in [2.05, 4.69) is 10.3 Å². The molecule has 0 aliphatic carbocycles. The molecule has 0 atom stereocenters. The van der Waals surface area contributed by atoms with Crippen molar-refractivity contribution >= 4 is 21.7 Å². The lowest BCUT2D eigenvalue weighted by molar-refractivity contribution is -0.116. The number of anilines is 1. The van der Waals surface area contributed by atoms with Crippen molar-refractivity contribution in [3.63, 3.8) is 0 Å². The summed E-state index contributed by atoms with van der Waals surface area (Å²) in [7, 11) is -2.51. The smallest absolute Gasteiger partial charge is 0.243 e. The van der Waals surface area contributed by atoms with Crippen molar-refractivity contribution in [2.45, 2.75) is 18.2 Å². The zero-order valence-electron chi connectivity index (χ0n) is 15.1. The molecule has 1 amide bonds. The van der Waals surface area contributed by atoms with Crippen LogP contribution in [0.2, 0.25) is 0 Å². The summed E-state index contributed by atoms with van der Waals surface area (Å²) in [5.74, 6) is 0.828. The number of aryl methyl sites for hydroxylation is 1. The van der Waals surface area contributed by atoms with E-state index < -0.39 is 15.9 Å². The largest absolute Gasteiger partial charge is 0.490 e. The molecule has 1 aliphatic heterocycles. The first-order valence-corrected chi connectivity index (χ1v) is 9.89. The van der Waals surface area contributed by atoms with Gasteiger partial charge in [0.05, 0.1) is 24.7 Å². The summed E-state index contributed by atoms with van der Waals surface area (Å²) in [4.78, 5) is 16.3. The van der Waals surface area contributed by atoms with Crippen molar-refractivity contribution < 1.29 is 22.7 Å². The minimum atomic E-state index is -3.87. The van der Waals surface area contributed by atoms with E-state index in [1.807, 2.05) is 0 Å². The van der Waals surface area contributed by atoms with Gasteiger partial charge in [-0.15, -0.1) is 0 Å².